The van der Waals surface area contributed by atoms with Gasteiger partial charge < -0.3 is 83.0 Å². The second-order valence-corrected chi connectivity index (χ2v) is 22.6. The first-order valence-electron chi connectivity index (χ1n) is 30.9. The number of nitrogens with zero attached hydrogens (tertiary/aromatic N) is 4. The number of likely N-dealkylation sites (tertiary alicyclic amines) is 1. The van der Waals surface area contributed by atoms with Crippen molar-refractivity contribution in [2.75, 3.05) is 171 Å². The molecule has 5 N–H and O–H groups in total. The Hall–Kier alpha value is -5.41. The monoisotopic (exact) mass is 1220 g/mol. The van der Waals surface area contributed by atoms with Crippen molar-refractivity contribution < 1.29 is 71.6 Å². The van der Waals surface area contributed by atoms with E-state index in [-0.39, 0.29) is 37.9 Å². The van der Waals surface area contributed by atoms with Crippen LogP contribution in [0.3, 0.4) is 0 Å². The highest BCUT2D eigenvalue weighted by molar-refractivity contribution is 7.19. The van der Waals surface area contributed by atoms with Crippen molar-refractivity contribution in [3.63, 3.8) is 0 Å². The van der Waals surface area contributed by atoms with E-state index in [2.05, 4.69) is 45.0 Å². The molecule has 86 heavy (non-hydrogen) atoms. The minimum absolute atomic E-state index is 0.0963. The predicted molar refractivity (Wildman–Crippen MR) is 329 cm³/mol. The van der Waals surface area contributed by atoms with E-state index in [1.807, 2.05) is 48.5 Å². The third-order valence-electron chi connectivity index (χ3n) is 15.0. The summed E-state index contributed by atoms with van der Waals surface area (Å²) in [7, 11) is 0. The number of carbonyl (C=O) groups excluding carboxylic acids is 2. The number of nitrogens with one attached hydrogen (secondary N) is 2. The molecule has 4 heterocycles. The molecule has 3 aromatic heterocycles. The van der Waals surface area contributed by atoms with Crippen molar-refractivity contribution in [2.45, 2.75) is 90.1 Å². The van der Waals surface area contributed by atoms with E-state index in [1.165, 1.54) is 15.1 Å². The van der Waals surface area contributed by atoms with E-state index in [1.54, 1.807) is 11.3 Å². The van der Waals surface area contributed by atoms with Gasteiger partial charge in [0.05, 0.1) is 148 Å². The van der Waals surface area contributed by atoms with Gasteiger partial charge in [-0.3, -0.25) is 4.79 Å². The van der Waals surface area contributed by atoms with Crippen LogP contribution in [0.4, 0.5) is 10.6 Å². The fourth-order valence-corrected chi connectivity index (χ4v) is 11.5. The number of thiophene rings is 1. The summed E-state index contributed by atoms with van der Waals surface area (Å²) in [4.78, 5) is 50.2. The number of fused-ring (bicyclic) bond motifs is 6. The second kappa shape index (κ2) is 39.5. The highest BCUT2D eigenvalue weighted by Gasteiger charge is 2.30. The number of amides is 2. The third-order valence-corrected chi connectivity index (χ3v) is 16.1. The Morgan fingerprint density at radius 3 is 1.72 bits per heavy atom. The molecule has 476 valence electrons. The summed E-state index contributed by atoms with van der Waals surface area (Å²) in [6.45, 7) is 18.2. The standard InChI is InChI=1S/C63H93N7O15S/c1-3-4-16-56-68-58-59(60-55(66-61(58)64)44-47(2)86-60)70(56)45-48-17-21-69(22-18-48)23-25-76-27-29-78-31-33-80-35-37-82-39-41-84-43-42-83-40-38-81-36-34-79-32-30-77-28-26-75-24-19-57(71)65-20-10-9-15-54(62(72)73)67-63(74)85-46-53-51-13-7-5-11-49(51)50-12-6-8-14-52(50)53/h5-8,11-14,44,48,53-54H,3-4,9-10,15-43,45-46H2,1-2H3,(H2,64,66)(H,65,71)(H,67,74)(H,72,73)/t54-/m0/s1. The molecule has 1 aliphatic heterocycles. The number of nitrogens with two attached hydrogens (primary N) is 1. The number of carbonyl (C=O) groups is 3. The van der Waals surface area contributed by atoms with Crippen molar-refractivity contribution >= 4 is 56.4 Å². The lowest BCUT2D eigenvalue weighted by atomic mass is 9.96. The third kappa shape index (κ3) is 23.3. The molecule has 1 atom stereocenters. The smallest absolute Gasteiger partial charge is 0.407 e. The van der Waals surface area contributed by atoms with Crippen LogP contribution < -0.4 is 16.4 Å². The number of alkyl carbamates (subject to hydrolysis) is 1. The van der Waals surface area contributed by atoms with E-state index in [0.29, 0.717) is 157 Å². The number of ether oxygens (including phenoxy) is 11. The van der Waals surface area contributed by atoms with Gasteiger partial charge in [-0.25, -0.2) is 19.6 Å². The number of rotatable bonds is 47. The first-order chi connectivity index (χ1) is 42.2. The number of aryl methyl sites for hydroxylation is 2. The number of unbranched alkanes of at least 4 members (excludes halogenated alkanes) is 2. The summed E-state index contributed by atoms with van der Waals surface area (Å²) in [6, 6.07) is 17.0. The summed E-state index contributed by atoms with van der Waals surface area (Å²) >= 11 is 1.79. The molecular formula is C63H93N7O15S. The summed E-state index contributed by atoms with van der Waals surface area (Å²) in [5.74, 6) is 0.836. The van der Waals surface area contributed by atoms with E-state index >= 15 is 0 Å². The molecule has 0 spiro atoms. The topological polar surface area (TPSA) is 257 Å². The minimum atomic E-state index is -1.14. The summed E-state index contributed by atoms with van der Waals surface area (Å²) < 4.78 is 65.2. The Bertz CT molecular complexity index is 2710. The maximum absolute atomic E-state index is 12.6. The number of anilines is 1. The summed E-state index contributed by atoms with van der Waals surface area (Å²) in [5, 5.41) is 15.0. The zero-order valence-electron chi connectivity index (χ0n) is 50.6. The zero-order valence-corrected chi connectivity index (χ0v) is 51.4. The van der Waals surface area contributed by atoms with Gasteiger partial charge in [-0.2, -0.15) is 0 Å². The maximum Gasteiger partial charge on any atom is 0.407 e. The van der Waals surface area contributed by atoms with Gasteiger partial charge in [0.15, 0.2) is 5.82 Å². The average molecular weight is 1220 g/mol. The Labute approximate surface area is 510 Å². The first kappa shape index (κ1) is 68.1. The SMILES string of the molecule is CCCCc1nc2c(N)nc3cc(C)sc3c2n1CC1CCN(CCOCCOCCOCCOCCOCCOCCOCCOCCOCCOCCC(=O)NCCCC[C@H](NC(=O)OCC2c3ccccc3-c3ccccc32)C(=O)O)CC1. The number of imidazole rings is 1. The highest BCUT2D eigenvalue weighted by Crippen LogP contribution is 2.44. The van der Waals surface area contributed by atoms with Crippen LogP contribution in [0.1, 0.15) is 86.0 Å². The van der Waals surface area contributed by atoms with Gasteiger partial charge >= 0.3 is 12.1 Å². The van der Waals surface area contributed by atoms with Crippen LogP contribution in [0.15, 0.2) is 54.6 Å². The number of carboxylic acids is 1. The molecule has 7 rings (SSSR count). The number of nitrogen functional groups attached to an aromatic ring is 1. The molecule has 1 aliphatic carbocycles. The lowest BCUT2D eigenvalue weighted by molar-refractivity contribution is -0.139. The Balaban J connectivity index is 0.549. The number of pyridine rings is 1. The van der Waals surface area contributed by atoms with Gasteiger partial charge in [-0.1, -0.05) is 61.9 Å². The van der Waals surface area contributed by atoms with Crippen LogP contribution in [0.25, 0.3) is 32.4 Å². The number of hydrogen-bond acceptors (Lipinski definition) is 19. The fraction of sp³-hybridized carbons (Fsp3) is 0.635. The van der Waals surface area contributed by atoms with Crippen molar-refractivity contribution in [1.29, 1.82) is 0 Å². The molecule has 0 saturated carbocycles. The minimum Gasteiger partial charge on any atom is -0.480 e. The molecule has 2 aliphatic rings. The van der Waals surface area contributed by atoms with E-state index in [0.717, 1.165) is 97.4 Å². The van der Waals surface area contributed by atoms with Crippen molar-refractivity contribution in [3.8, 4) is 11.1 Å². The predicted octanol–water partition coefficient (Wildman–Crippen LogP) is 7.43. The Morgan fingerprint density at radius 2 is 1.20 bits per heavy atom. The number of piperidine rings is 1. The lowest BCUT2D eigenvalue weighted by Crippen LogP contribution is -2.41. The quantitative estimate of drug-likeness (QED) is 0.0276. The van der Waals surface area contributed by atoms with Crippen LogP contribution in [0, 0.1) is 12.8 Å². The van der Waals surface area contributed by atoms with E-state index < -0.39 is 18.1 Å². The second-order valence-electron chi connectivity index (χ2n) is 21.4. The molecule has 1 saturated heterocycles. The molecule has 0 unspecified atom stereocenters. The molecule has 1 fully saturated rings. The van der Waals surface area contributed by atoms with Crippen molar-refractivity contribution in [1.82, 2.24) is 30.1 Å². The summed E-state index contributed by atoms with van der Waals surface area (Å²) in [5.41, 5.74) is 13.8. The Kier molecular flexibility index (Phi) is 31.3. The summed E-state index contributed by atoms with van der Waals surface area (Å²) in [6.07, 6.45) is 6.15. The molecule has 0 radical (unpaired) electrons. The number of benzene rings is 2. The van der Waals surface area contributed by atoms with Gasteiger partial charge in [0.1, 0.15) is 24.0 Å². The largest absolute Gasteiger partial charge is 0.480 e. The molecule has 22 nitrogen and oxygen atoms in total. The van der Waals surface area contributed by atoms with Crippen LogP contribution in [-0.4, -0.2) is 213 Å². The maximum atomic E-state index is 12.6. The normalized spacial score (nSPS) is 14.1. The van der Waals surface area contributed by atoms with Crippen molar-refractivity contribution in [2.24, 2.45) is 5.92 Å². The van der Waals surface area contributed by atoms with Gasteiger partial charge in [-0.15, -0.1) is 11.3 Å². The van der Waals surface area contributed by atoms with Crippen molar-refractivity contribution in [3.05, 3.63) is 76.4 Å². The number of carboxylic acid groups (broad SMARTS) is 1. The van der Waals surface area contributed by atoms with Gasteiger partial charge in [0, 0.05) is 43.3 Å². The molecule has 0 bridgehead atoms. The molecule has 5 aromatic rings. The average Bonchev–Trinajstić information content (AvgIpc) is 1.81. The number of hydrogen-bond donors (Lipinski definition) is 4. The molecule has 23 heteroatoms. The Morgan fingerprint density at radius 1 is 0.686 bits per heavy atom. The fourth-order valence-electron chi connectivity index (χ4n) is 10.5. The van der Waals surface area contributed by atoms with Gasteiger partial charge in [-0.05, 0) is 92.8 Å². The highest BCUT2D eigenvalue weighted by atomic mass is 32.1. The molecule has 2 amide bonds. The molecule has 2 aromatic carbocycles. The van der Waals surface area contributed by atoms with E-state index in [9.17, 15) is 19.5 Å². The lowest BCUT2D eigenvalue weighted by Gasteiger charge is -2.32. The van der Waals surface area contributed by atoms with Gasteiger partial charge in [0.2, 0.25) is 5.91 Å². The first-order valence-corrected chi connectivity index (χ1v) is 31.7. The van der Waals surface area contributed by atoms with Crippen LogP contribution in [0.2, 0.25) is 0 Å². The number of aliphatic carboxylic acids is 1. The van der Waals surface area contributed by atoms with E-state index in [4.69, 9.17) is 62.8 Å². The van der Waals surface area contributed by atoms with Crippen LogP contribution in [-0.2, 0) is 74.7 Å². The van der Waals surface area contributed by atoms with Crippen LogP contribution in [0.5, 0.6) is 0 Å². The zero-order chi connectivity index (χ0) is 60.4. The van der Waals surface area contributed by atoms with Crippen LogP contribution >= 0.6 is 11.3 Å². The number of aromatic nitrogens is 3. The molecular weight excluding hydrogens is 1130 g/mol. The van der Waals surface area contributed by atoms with Gasteiger partial charge in [0.25, 0.3) is 0 Å².